The quantitative estimate of drug-likeness (QED) is 0.860. The summed E-state index contributed by atoms with van der Waals surface area (Å²) in [4.78, 5) is 18.3. The molecule has 25 heavy (non-hydrogen) atoms. The fraction of sp³-hybridized carbons (Fsp3) is 0.474. The molecule has 3 rings (SSSR count). The van der Waals surface area contributed by atoms with Gasteiger partial charge in [0.05, 0.1) is 23.7 Å². The molecular formula is C19H25N3O2S. The number of aromatic nitrogens is 1. The summed E-state index contributed by atoms with van der Waals surface area (Å²) in [7, 11) is 1.66. The van der Waals surface area contributed by atoms with Gasteiger partial charge in [0.2, 0.25) is 5.91 Å². The Hall–Kier alpha value is -1.92. The number of hydrogen-bond acceptors (Lipinski definition) is 5. The summed E-state index contributed by atoms with van der Waals surface area (Å²) < 4.78 is 5.20. The second kappa shape index (κ2) is 7.97. The van der Waals surface area contributed by atoms with E-state index in [-0.39, 0.29) is 17.9 Å². The Bertz CT molecular complexity index is 721. The second-order valence-corrected chi connectivity index (χ2v) is 7.48. The van der Waals surface area contributed by atoms with Crippen LogP contribution in [0.3, 0.4) is 0 Å². The number of hydrogen-bond donors (Lipinski definition) is 2. The molecule has 5 nitrogen and oxygen atoms in total. The number of amides is 1. The molecule has 2 N–H and O–H groups in total. The van der Waals surface area contributed by atoms with Gasteiger partial charge in [0, 0.05) is 11.5 Å². The molecule has 2 aromatic rings. The summed E-state index contributed by atoms with van der Waals surface area (Å²) in [6.07, 6.45) is 1.83. The van der Waals surface area contributed by atoms with Gasteiger partial charge in [-0.25, -0.2) is 4.98 Å². The molecule has 1 amide bonds. The molecule has 1 aromatic carbocycles. The van der Waals surface area contributed by atoms with Crippen LogP contribution in [0.2, 0.25) is 0 Å². The Morgan fingerprint density at radius 2 is 2.00 bits per heavy atom. The number of aryl methyl sites for hydroxylation is 1. The fourth-order valence-electron chi connectivity index (χ4n) is 3.15. The molecule has 1 fully saturated rings. The van der Waals surface area contributed by atoms with Crippen LogP contribution >= 0.6 is 11.3 Å². The van der Waals surface area contributed by atoms with Crippen molar-refractivity contribution in [3.05, 3.63) is 34.8 Å². The van der Waals surface area contributed by atoms with Crippen molar-refractivity contribution < 1.29 is 9.53 Å². The zero-order chi connectivity index (χ0) is 17.8. The first kappa shape index (κ1) is 17.9. The van der Waals surface area contributed by atoms with E-state index in [0.29, 0.717) is 0 Å². The van der Waals surface area contributed by atoms with Gasteiger partial charge < -0.3 is 15.4 Å². The average molecular weight is 359 g/mol. The zero-order valence-electron chi connectivity index (χ0n) is 15.0. The van der Waals surface area contributed by atoms with Crippen molar-refractivity contribution in [3.8, 4) is 16.3 Å². The Labute approximate surface area is 152 Å². The minimum Gasteiger partial charge on any atom is -0.497 e. The second-order valence-electron chi connectivity index (χ2n) is 6.45. The topological polar surface area (TPSA) is 63.2 Å². The van der Waals surface area contributed by atoms with E-state index in [1.807, 2.05) is 38.1 Å². The molecule has 1 atom stereocenters. The maximum absolute atomic E-state index is 12.5. The maximum atomic E-state index is 12.5. The lowest BCUT2D eigenvalue weighted by atomic mass is 9.97. The molecule has 2 heterocycles. The van der Waals surface area contributed by atoms with Crippen LogP contribution in [0.1, 0.15) is 36.4 Å². The van der Waals surface area contributed by atoms with E-state index in [9.17, 15) is 4.79 Å². The van der Waals surface area contributed by atoms with Crippen molar-refractivity contribution in [2.75, 3.05) is 20.2 Å². The number of thiazole rings is 1. The summed E-state index contributed by atoms with van der Waals surface area (Å²) >= 11 is 1.64. The summed E-state index contributed by atoms with van der Waals surface area (Å²) in [6.45, 7) is 5.89. The molecule has 1 aliphatic heterocycles. The van der Waals surface area contributed by atoms with Crippen LogP contribution in [0.5, 0.6) is 5.75 Å². The molecular weight excluding hydrogens is 334 g/mol. The van der Waals surface area contributed by atoms with Crippen molar-refractivity contribution in [2.24, 2.45) is 5.92 Å². The lowest BCUT2D eigenvalue weighted by molar-refractivity contribution is -0.126. The summed E-state index contributed by atoms with van der Waals surface area (Å²) in [5, 5.41) is 7.44. The Kier molecular flexibility index (Phi) is 5.71. The number of nitrogens with zero attached hydrogens (tertiary/aromatic N) is 1. The van der Waals surface area contributed by atoms with Gasteiger partial charge in [0.15, 0.2) is 0 Å². The third-order valence-electron chi connectivity index (χ3n) is 4.63. The predicted octanol–water partition coefficient (Wildman–Crippen LogP) is 3.30. The smallest absolute Gasteiger partial charge is 0.223 e. The van der Waals surface area contributed by atoms with Gasteiger partial charge in [0.1, 0.15) is 10.8 Å². The van der Waals surface area contributed by atoms with Crippen molar-refractivity contribution in [2.45, 2.75) is 32.7 Å². The standard InChI is InChI=1S/C19H25N3O2S/c1-12(21-18(23)14-8-10-20-11-9-14)17-13(2)22-19(25-17)15-4-6-16(24-3)7-5-15/h4-7,12,14,20H,8-11H2,1-3H3,(H,21,23). The number of ether oxygens (including phenoxy) is 1. The average Bonchev–Trinajstić information content (AvgIpc) is 3.04. The number of methoxy groups -OCH3 is 1. The summed E-state index contributed by atoms with van der Waals surface area (Å²) in [5.41, 5.74) is 2.05. The highest BCUT2D eigenvalue weighted by atomic mass is 32.1. The van der Waals surface area contributed by atoms with Gasteiger partial charge in [-0.3, -0.25) is 4.79 Å². The van der Waals surface area contributed by atoms with Crippen molar-refractivity contribution in [3.63, 3.8) is 0 Å². The molecule has 134 valence electrons. The van der Waals surface area contributed by atoms with Crippen LogP contribution in [-0.4, -0.2) is 31.1 Å². The highest BCUT2D eigenvalue weighted by Gasteiger charge is 2.24. The van der Waals surface area contributed by atoms with Crippen molar-refractivity contribution >= 4 is 17.2 Å². The molecule has 0 saturated carbocycles. The first-order valence-electron chi connectivity index (χ1n) is 8.71. The highest BCUT2D eigenvalue weighted by Crippen LogP contribution is 2.32. The van der Waals surface area contributed by atoms with Crippen LogP contribution in [0, 0.1) is 12.8 Å². The molecule has 0 spiro atoms. The van der Waals surface area contributed by atoms with Gasteiger partial charge >= 0.3 is 0 Å². The van der Waals surface area contributed by atoms with Crippen molar-refractivity contribution in [1.29, 1.82) is 0 Å². The van der Waals surface area contributed by atoms with Gasteiger partial charge in [-0.2, -0.15) is 0 Å². The van der Waals surface area contributed by atoms with Crippen LogP contribution in [-0.2, 0) is 4.79 Å². The largest absolute Gasteiger partial charge is 0.497 e. The summed E-state index contributed by atoms with van der Waals surface area (Å²) in [6, 6.07) is 7.88. The van der Waals surface area contributed by atoms with Crippen LogP contribution < -0.4 is 15.4 Å². The molecule has 1 unspecified atom stereocenters. The molecule has 0 bridgehead atoms. The van der Waals surface area contributed by atoms with E-state index in [1.54, 1.807) is 18.4 Å². The SMILES string of the molecule is COc1ccc(-c2nc(C)c(C(C)NC(=O)C3CCNCC3)s2)cc1. The summed E-state index contributed by atoms with van der Waals surface area (Å²) in [5.74, 6) is 1.12. The highest BCUT2D eigenvalue weighted by molar-refractivity contribution is 7.15. The first-order chi connectivity index (χ1) is 12.1. The first-order valence-corrected chi connectivity index (χ1v) is 9.53. The normalized spacial score (nSPS) is 16.4. The molecule has 1 saturated heterocycles. The third kappa shape index (κ3) is 4.19. The number of benzene rings is 1. The number of rotatable bonds is 5. The Balaban J connectivity index is 1.71. The number of piperidine rings is 1. The van der Waals surface area contributed by atoms with Crippen molar-refractivity contribution in [1.82, 2.24) is 15.6 Å². The van der Waals surface area contributed by atoms with E-state index < -0.39 is 0 Å². The Morgan fingerprint density at radius 1 is 1.32 bits per heavy atom. The van der Waals surface area contributed by atoms with Crippen LogP contribution in [0.25, 0.3) is 10.6 Å². The molecule has 1 aromatic heterocycles. The minimum absolute atomic E-state index is 0.0214. The molecule has 0 aliphatic carbocycles. The Morgan fingerprint density at radius 3 is 2.64 bits per heavy atom. The molecule has 1 aliphatic rings. The molecule has 0 radical (unpaired) electrons. The molecule has 6 heteroatoms. The number of carbonyl (C=O) groups excluding carboxylic acids is 1. The minimum atomic E-state index is -0.0214. The van der Waals surface area contributed by atoms with E-state index in [1.165, 1.54) is 0 Å². The fourth-order valence-corrected chi connectivity index (χ4v) is 4.22. The van der Waals surface area contributed by atoms with Gasteiger partial charge in [-0.15, -0.1) is 11.3 Å². The third-order valence-corrected chi connectivity index (χ3v) is 6.02. The van der Waals surface area contributed by atoms with E-state index in [4.69, 9.17) is 9.72 Å². The van der Waals surface area contributed by atoms with E-state index in [0.717, 1.165) is 52.8 Å². The van der Waals surface area contributed by atoms with Gasteiger partial charge in [-0.1, -0.05) is 0 Å². The van der Waals surface area contributed by atoms with E-state index in [2.05, 4.69) is 10.6 Å². The van der Waals surface area contributed by atoms with Gasteiger partial charge in [0.25, 0.3) is 0 Å². The monoisotopic (exact) mass is 359 g/mol. The maximum Gasteiger partial charge on any atom is 0.223 e. The van der Waals surface area contributed by atoms with E-state index >= 15 is 0 Å². The lowest BCUT2D eigenvalue weighted by Gasteiger charge is -2.23. The number of carbonyl (C=O) groups is 1. The zero-order valence-corrected chi connectivity index (χ0v) is 15.8. The van der Waals surface area contributed by atoms with Gasteiger partial charge in [-0.05, 0) is 64.0 Å². The van der Waals surface area contributed by atoms with Crippen LogP contribution in [0.4, 0.5) is 0 Å². The lowest BCUT2D eigenvalue weighted by Crippen LogP contribution is -2.39. The van der Waals surface area contributed by atoms with Crippen LogP contribution in [0.15, 0.2) is 24.3 Å². The number of nitrogens with one attached hydrogen (secondary N) is 2. The predicted molar refractivity (Wildman–Crippen MR) is 101 cm³/mol.